The molecule has 0 heterocycles. The third-order valence-electron chi connectivity index (χ3n) is 3.09. The van der Waals surface area contributed by atoms with Gasteiger partial charge in [0.1, 0.15) is 5.82 Å². The van der Waals surface area contributed by atoms with Crippen molar-refractivity contribution in [1.29, 1.82) is 0 Å². The van der Waals surface area contributed by atoms with Crippen molar-refractivity contribution >= 4 is 17.3 Å². The average Bonchev–Trinajstić information content (AvgIpc) is 2.43. The number of hydrogen-bond acceptors (Lipinski definition) is 2. The Morgan fingerprint density at radius 2 is 1.60 bits per heavy atom. The molecule has 2 nitrogen and oxygen atoms in total. The van der Waals surface area contributed by atoms with Gasteiger partial charge >= 0.3 is 0 Å². The van der Waals surface area contributed by atoms with Crippen molar-refractivity contribution in [3.63, 3.8) is 0 Å². The van der Waals surface area contributed by atoms with E-state index in [2.05, 4.69) is 34.5 Å². The molecular weight excluding hydrogens is 275 g/mol. The van der Waals surface area contributed by atoms with E-state index in [1.54, 1.807) is 12.1 Å². The van der Waals surface area contributed by atoms with E-state index in [0.29, 0.717) is 6.54 Å². The summed E-state index contributed by atoms with van der Waals surface area (Å²) in [5.41, 5.74) is 3.36. The highest BCUT2D eigenvalue weighted by Gasteiger charge is 2.01. The van der Waals surface area contributed by atoms with Crippen LogP contribution in [-0.4, -0.2) is 14.1 Å². The average molecular weight is 293 g/mol. The number of rotatable bonds is 5. The monoisotopic (exact) mass is 292 g/mol. The number of benzene rings is 2. The van der Waals surface area contributed by atoms with Crippen molar-refractivity contribution < 1.29 is 4.39 Å². The second kappa shape index (κ2) is 6.73. The molecule has 0 aliphatic heterocycles. The van der Waals surface area contributed by atoms with Crippen molar-refractivity contribution in [2.75, 3.05) is 19.0 Å². The van der Waals surface area contributed by atoms with Crippen LogP contribution in [0.5, 0.6) is 0 Å². The summed E-state index contributed by atoms with van der Waals surface area (Å²) in [4.78, 5) is 2.07. The Morgan fingerprint density at radius 3 is 2.20 bits per heavy atom. The molecule has 106 valence electrons. The minimum absolute atomic E-state index is 0.166. The first-order chi connectivity index (χ1) is 9.56. The van der Waals surface area contributed by atoms with E-state index >= 15 is 0 Å². The largest absolute Gasteiger partial charge is 0.378 e. The van der Waals surface area contributed by atoms with Gasteiger partial charge in [-0.05, 0) is 35.4 Å². The molecule has 0 atom stereocenters. The van der Waals surface area contributed by atoms with Gasteiger partial charge in [-0.2, -0.15) is 0 Å². The van der Waals surface area contributed by atoms with Crippen LogP contribution in [0, 0.1) is 5.82 Å². The van der Waals surface area contributed by atoms with Crippen LogP contribution in [-0.2, 0) is 13.1 Å². The Bertz CT molecular complexity index is 567. The molecule has 0 spiro atoms. The number of nitrogens with zero attached hydrogens (tertiary/aromatic N) is 1. The predicted molar refractivity (Wildman–Crippen MR) is 82.7 cm³/mol. The summed E-state index contributed by atoms with van der Waals surface area (Å²) >= 11 is 5.75. The molecule has 2 aromatic carbocycles. The number of anilines is 1. The molecule has 0 aliphatic rings. The minimum Gasteiger partial charge on any atom is -0.378 e. The topological polar surface area (TPSA) is 15.3 Å². The molecule has 2 aromatic rings. The summed E-state index contributed by atoms with van der Waals surface area (Å²) in [6.45, 7) is 1.43. The molecule has 0 fully saturated rings. The lowest BCUT2D eigenvalue weighted by Gasteiger charge is -2.13. The fourth-order valence-electron chi connectivity index (χ4n) is 1.91. The van der Waals surface area contributed by atoms with Crippen LogP contribution in [0.2, 0.25) is 5.02 Å². The number of nitrogens with one attached hydrogen (secondary N) is 1. The van der Waals surface area contributed by atoms with Gasteiger partial charge in [-0.3, -0.25) is 0 Å². The van der Waals surface area contributed by atoms with E-state index in [1.165, 1.54) is 17.3 Å². The van der Waals surface area contributed by atoms with Gasteiger partial charge in [0.2, 0.25) is 0 Å². The SMILES string of the molecule is CN(C)c1ccc(CNCc2ccc(F)c(Cl)c2)cc1. The Hall–Kier alpha value is -1.58. The molecule has 0 saturated heterocycles. The van der Waals surface area contributed by atoms with E-state index in [4.69, 9.17) is 11.6 Å². The molecule has 1 N–H and O–H groups in total. The highest BCUT2D eigenvalue weighted by Crippen LogP contribution is 2.16. The van der Waals surface area contributed by atoms with Crippen LogP contribution < -0.4 is 10.2 Å². The van der Waals surface area contributed by atoms with Gasteiger partial charge in [-0.25, -0.2) is 4.39 Å². The summed E-state index contributed by atoms with van der Waals surface area (Å²) in [5.74, 6) is -0.380. The molecule has 0 unspecified atom stereocenters. The van der Waals surface area contributed by atoms with E-state index in [9.17, 15) is 4.39 Å². The highest BCUT2D eigenvalue weighted by atomic mass is 35.5. The van der Waals surface area contributed by atoms with Gasteiger partial charge in [0, 0.05) is 32.9 Å². The second-order valence-electron chi connectivity index (χ2n) is 4.91. The molecule has 0 amide bonds. The quantitative estimate of drug-likeness (QED) is 0.901. The van der Waals surface area contributed by atoms with Crippen molar-refractivity contribution in [2.45, 2.75) is 13.1 Å². The van der Waals surface area contributed by atoms with Crippen LogP contribution in [0.1, 0.15) is 11.1 Å². The molecule has 0 aliphatic carbocycles. The summed E-state index contributed by atoms with van der Waals surface area (Å²) in [7, 11) is 4.04. The maximum atomic E-state index is 13.0. The molecule has 2 rings (SSSR count). The number of halogens is 2. The van der Waals surface area contributed by atoms with Gasteiger partial charge < -0.3 is 10.2 Å². The predicted octanol–water partition coefficient (Wildman–Crippen LogP) is 3.83. The highest BCUT2D eigenvalue weighted by molar-refractivity contribution is 6.30. The third kappa shape index (κ3) is 3.95. The lowest BCUT2D eigenvalue weighted by atomic mass is 10.2. The molecule has 0 radical (unpaired) electrons. The lowest BCUT2D eigenvalue weighted by Crippen LogP contribution is -2.13. The summed E-state index contributed by atoms with van der Waals surface area (Å²) < 4.78 is 13.0. The van der Waals surface area contributed by atoms with Gasteiger partial charge in [-0.15, -0.1) is 0 Å². The molecule has 0 saturated carbocycles. The van der Waals surface area contributed by atoms with Crippen molar-refractivity contribution in [3.8, 4) is 0 Å². The fraction of sp³-hybridized carbons (Fsp3) is 0.250. The summed E-state index contributed by atoms with van der Waals surface area (Å²) in [5, 5.41) is 3.48. The first-order valence-corrected chi connectivity index (χ1v) is 6.85. The fourth-order valence-corrected chi connectivity index (χ4v) is 2.12. The van der Waals surface area contributed by atoms with E-state index in [-0.39, 0.29) is 10.8 Å². The molecule has 4 heteroatoms. The van der Waals surface area contributed by atoms with Crippen LogP contribution in [0.25, 0.3) is 0 Å². The van der Waals surface area contributed by atoms with E-state index in [1.807, 2.05) is 14.1 Å². The first-order valence-electron chi connectivity index (χ1n) is 6.47. The summed E-state index contributed by atoms with van der Waals surface area (Å²) in [6.07, 6.45) is 0. The van der Waals surface area contributed by atoms with Crippen LogP contribution in [0.4, 0.5) is 10.1 Å². The number of hydrogen-bond donors (Lipinski definition) is 1. The van der Waals surface area contributed by atoms with Gasteiger partial charge in [0.25, 0.3) is 0 Å². The van der Waals surface area contributed by atoms with Crippen LogP contribution >= 0.6 is 11.6 Å². The maximum absolute atomic E-state index is 13.0. The third-order valence-corrected chi connectivity index (χ3v) is 3.38. The van der Waals surface area contributed by atoms with Gasteiger partial charge in [0.05, 0.1) is 5.02 Å². The first kappa shape index (κ1) is 14.8. The van der Waals surface area contributed by atoms with Crippen LogP contribution in [0.3, 0.4) is 0 Å². The zero-order valence-electron chi connectivity index (χ0n) is 11.7. The smallest absolute Gasteiger partial charge is 0.141 e. The van der Waals surface area contributed by atoms with Gasteiger partial charge in [-0.1, -0.05) is 29.8 Å². The Balaban J connectivity index is 1.87. The van der Waals surface area contributed by atoms with E-state index in [0.717, 1.165) is 12.1 Å². The maximum Gasteiger partial charge on any atom is 0.141 e. The standard InChI is InChI=1S/C16H18ClFN2/c1-20(2)14-6-3-12(4-7-14)10-19-11-13-5-8-16(18)15(17)9-13/h3-9,19H,10-11H2,1-2H3. The minimum atomic E-state index is -0.380. The Morgan fingerprint density at radius 1 is 1.00 bits per heavy atom. The van der Waals surface area contributed by atoms with Crippen molar-refractivity contribution in [1.82, 2.24) is 5.32 Å². The van der Waals surface area contributed by atoms with E-state index < -0.39 is 0 Å². The molecule has 20 heavy (non-hydrogen) atoms. The molecule has 0 bridgehead atoms. The van der Waals surface area contributed by atoms with Crippen molar-refractivity contribution in [2.24, 2.45) is 0 Å². The Kier molecular flexibility index (Phi) is 4.99. The normalized spacial score (nSPS) is 10.6. The zero-order valence-corrected chi connectivity index (χ0v) is 12.4. The molecule has 0 aromatic heterocycles. The zero-order chi connectivity index (χ0) is 14.5. The van der Waals surface area contributed by atoms with Crippen molar-refractivity contribution in [3.05, 3.63) is 64.4 Å². The van der Waals surface area contributed by atoms with Gasteiger partial charge in [0.15, 0.2) is 0 Å². The molecular formula is C16H18ClFN2. The summed E-state index contributed by atoms with van der Waals surface area (Å²) in [6, 6.07) is 13.2. The Labute approximate surface area is 124 Å². The van der Waals surface area contributed by atoms with Crippen LogP contribution in [0.15, 0.2) is 42.5 Å². The lowest BCUT2D eigenvalue weighted by molar-refractivity contribution is 0.625. The second-order valence-corrected chi connectivity index (χ2v) is 5.32.